The van der Waals surface area contributed by atoms with E-state index < -0.39 is 23.2 Å². The molecule has 1 aromatic heterocycles. The van der Waals surface area contributed by atoms with Crippen LogP contribution in [0.4, 0.5) is 4.39 Å². The first-order valence-corrected chi connectivity index (χ1v) is 5.99. The van der Waals surface area contributed by atoms with E-state index in [1.165, 1.54) is 12.1 Å². The molecule has 0 aliphatic carbocycles. The van der Waals surface area contributed by atoms with E-state index in [1.54, 1.807) is 19.1 Å². The van der Waals surface area contributed by atoms with Crippen molar-refractivity contribution in [2.75, 3.05) is 0 Å². The van der Waals surface area contributed by atoms with Gasteiger partial charge in [-0.25, -0.2) is 4.39 Å². The van der Waals surface area contributed by atoms with Crippen LogP contribution in [-0.2, 0) is 11.3 Å². The van der Waals surface area contributed by atoms with Gasteiger partial charge in [-0.05, 0) is 19.1 Å². The normalized spacial score (nSPS) is 10.6. The van der Waals surface area contributed by atoms with E-state index in [-0.39, 0.29) is 5.56 Å². The van der Waals surface area contributed by atoms with Crippen molar-refractivity contribution in [1.29, 1.82) is 0 Å². The van der Waals surface area contributed by atoms with E-state index in [0.29, 0.717) is 10.6 Å². The summed E-state index contributed by atoms with van der Waals surface area (Å²) in [5.74, 6) is -1.61. The number of carboxylic acid groups (broad SMARTS) is 1. The van der Waals surface area contributed by atoms with Crippen molar-refractivity contribution < 1.29 is 14.3 Å². The minimum absolute atomic E-state index is 0.245. The molecule has 6 heteroatoms. The van der Waals surface area contributed by atoms with Crippen molar-refractivity contribution in [3.63, 3.8) is 0 Å². The van der Waals surface area contributed by atoms with E-state index in [2.05, 4.69) is 0 Å². The summed E-state index contributed by atoms with van der Waals surface area (Å²) >= 11 is 0.919. The maximum atomic E-state index is 13.7. The van der Waals surface area contributed by atoms with Crippen LogP contribution in [0, 0.1) is 12.7 Å². The van der Waals surface area contributed by atoms with Gasteiger partial charge in [-0.15, -0.1) is 0 Å². The molecule has 2 rings (SSSR count). The third kappa shape index (κ3) is 2.19. The van der Waals surface area contributed by atoms with E-state index in [1.807, 2.05) is 0 Å². The molecule has 0 spiro atoms. The Morgan fingerprint density at radius 2 is 2.11 bits per heavy atom. The molecule has 0 saturated heterocycles. The molecule has 0 atom stereocenters. The van der Waals surface area contributed by atoms with Crippen LogP contribution < -0.4 is 4.87 Å². The molecule has 4 nitrogen and oxygen atoms in total. The third-order valence-corrected chi connectivity index (χ3v) is 3.38. The Balaban J connectivity index is 2.67. The Morgan fingerprint density at radius 1 is 1.44 bits per heavy atom. The van der Waals surface area contributed by atoms with E-state index in [4.69, 9.17) is 5.11 Å². The Kier molecular flexibility index (Phi) is 3.29. The number of carbonyl (C=O) groups is 1. The minimum atomic E-state index is -1.13. The molecule has 0 aliphatic rings. The van der Waals surface area contributed by atoms with Crippen LogP contribution in [0.3, 0.4) is 0 Å². The number of benzene rings is 1. The van der Waals surface area contributed by atoms with Gasteiger partial charge in [0.1, 0.15) is 12.4 Å². The topological polar surface area (TPSA) is 59.3 Å². The van der Waals surface area contributed by atoms with Crippen molar-refractivity contribution in [2.45, 2.75) is 13.5 Å². The number of aryl methyl sites for hydroxylation is 1. The summed E-state index contributed by atoms with van der Waals surface area (Å²) in [6.45, 7) is 1.21. The maximum Gasteiger partial charge on any atom is 0.323 e. The second kappa shape index (κ2) is 4.73. The predicted octanol–water partition coefficient (Wildman–Crippen LogP) is 2.11. The molecule has 0 aliphatic heterocycles. The zero-order valence-electron chi connectivity index (χ0n) is 9.51. The van der Waals surface area contributed by atoms with E-state index in [9.17, 15) is 14.0 Å². The Labute approximate surface area is 106 Å². The monoisotopic (exact) mass is 267 g/mol. The fraction of sp³-hybridized carbons (Fsp3) is 0.167. The van der Waals surface area contributed by atoms with Crippen LogP contribution in [0.25, 0.3) is 11.3 Å². The van der Waals surface area contributed by atoms with E-state index >= 15 is 0 Å². The lowest BCUT2D eigenvalue weighted by Gasteiger charge is -2.07. The highest BCUT2D eigenvalue weighted by molar-refractivity contribution is 7.09. The SMILES string of the molecule is Cc1sc(=O)n(CC(=O)O)c1-c1ccccc1F. The summed E-state index contributed by atoms with van der Waals surface area (Å²) in [5.41, 5.74) is 0.583. The molecule has 18 heavy (non-hydrogen) atoms. The Bertz CT molecular complexity index is 660. The second-order valence-corrected chi connectivity index (χ2v) is 4.90. The van der Waals surface area contributed by atoms with Crippen LogP contribution in [0.5, 0.6) is 0 Å². The lowest BCUT2D eigenvalue weighted by Crippen LogP contribution is -2.20. The molecular weight excluding hydrogens is 257 g/mol. The molecule has 0 saturated carbocycles. The molecular formula is C12H10FNO3S. The smallest absolute Gasteiger partial charge is 0.323 e. The van der Waals surface area contributed by atoms with Gasteiger partial charge < -0.3 is 5.11 Å². The lowest BCUT2D eigenvalue weighted by molar-refractivity contribution is -0.137. The zero-order valence-corrected chi connectivity index (χ0v) is 10.3. The number of carboxylic acids is 1. The summed E-state index contributed by atoms with van der Waals surface area (Å²) < 4.78 is 14.8. The third-order valence-electron chi connectivity index (χ3n) is 2.49. The summed E-state index contributed by atoms with van der Waals surface area (Å²) in [4.78, 5) is 22.6. The molecule has 0 amide bonds. The first-order chi connectivity index (χ1) is 8.50. The highest BCUT2D eigenvalue weighted by Gasteiger charge is 2.18. The Hall–Kier alpha value is -1.95. The zero-order chi connectivity index (χ0) is 13.3. The lowest BCUT2D eigenvalue weighted by atomic mass is 10.1. The van der Waals surface area contributed by atoms with Gasteiger partial charge >= 0.3 is 10.8 Å². The first kappa shape index (κ1) is 12.5. The highest BCUT2D eigenvalue weighted by atomic mass is 32.1. The first-order valence-electron chi connectivity index (χ1n) is 5.17. The van der Waals surface area contributed by atoms with Gasteiger partial charge in [-0.2, -0.15) is 0 Å². The number of hydrogen-bond acceptors (Lipinski definition) is 3. The van der Waals surface area contributed by atoms with Crippen LogP contribution in [0.15, 0.2) is 29.1 Å². The summed E-state index contributed by atoms with van der Waals surface area (Å²) in [6.07, 6.45) is 0. The van der Waals surface area contributed by atoms with Crippen molar-refractivity contribution in [3.8, 4) is 11.3 Å². The average Bonchev–Trinajstić information content (AvgIpc) is 2.55. The molecule has 0 fully saturated rings. The number of hydrogen-bond donors (Lipinski definition) is 1. The summed E-state index contributed by atoms with van der Waals surface area (Å²) in [6, 6.07) is 6.00. The van der Waals surface area contributed by atoms with Crippen molar-refractivity contribution in [3.05, 3.63) is 44.6 Å². The van der Waals surface area contributed by atoms with Crippen LogP contribution in [-0.4, -0.2) is 15.6 Å². The van der Waals surface area contributed by atoms with Crippen molar-refractivity contribution >= 4 is 17.3 Å². The number of rotatable bonds is 3. The average molecular weight is 267 g/mol. The van der Waals surface area contributed by atoms with Gasteiger partial charge in [-0.3, -0.25) is 14.2 Å². The van der Waals surface area contributed by atoms with Gasteiger partial charge in [0.2, 0.25) is 0 Å². The maximum absolute atomic E-state index is 13.7. The molecule has 94 valence electrons. The molecule has 1 heterocycles. The Morgan fingerprint density at radius 3 is 2.72 bits per heavy atom. The summed E-state index contributed by atoms with van der Waals surface area (Å²) in [7, 11) is 0. The molecule has 1 N–H and O–H groups in total. The van der Waals surface area contributed by atoms with Gasteiger partial charge in [0, 0.05) is 10.4 Å². The predicted molar refractivity (Wildman–Crippen MR) is 66.3 cm³/mol. The fourth-order valence-corrected chi connectivity index (χ4v) is 2.63. The highest BCUT2D eigenvalue weighted by Crippen LogP contribution is 2.27. The van der Waals surface area contributed by atoms with Gasteiger partial charge in [0.15, 0.2) is 0 Å². The number of thiazole rings is 1. The van der Waals surface area contributed by atoms with Crippen molar-refractivity contribution in [1.82, 2.24) is 4.57 Å². The van der Waals surface area contributed by atoms with Crippen LogP contribution >= 0.6 is 11.3 Å². The number of aliphatic carboxylic acids is 1. The summed E-state index contributed by atoms with van der Waals surface area (Å²) in [5, 5.41) is 8.79. The van der Waals surface area contributed by atoms with Crippen molar-refractivity contribution in [2.24, 2.45) is 0 Å². The largest absolute Gasteiger partial charge is 0.480 e. The van der Waals surface area contributed by atoms with E-state index in [0.717, 1.165) is 15.9 Å². The number of nitrogens with zero attached hydrogens (tertiary/aromatic N) is 1. The molecule has 2 aromatic rings. The second-order valence-electron chi connectivity index (χ2n) is 3.73. The van der Waals surface area contributed by atoms with Crippen LogP contribution in [0.1, 0.15) is 4.88 Å². The molecule has 0 bridgehead atoms. The van der Waals surface area contributed by atoms with Gasteiger partial charge in [0.25, 0.3) is 0 Å². The molecule has 0 unspecified atom stereocenters. The quantitative estimate of drug-likeness (QED) is 0.926. The number of halogens is 1. The minimum Gasteiger partial charge on any atom is -0.480 e. The molecule has 0 radical (unpaired) electrons. The molecule has 1 aromatic carbocycles. The standard InChI is InChI=1S/C12H10FNO3S/c1-7-11(8-4-2-3-5-9(8)13)14(6-10(15)16)12(17)18-7/h2-5H,6H2,1H3,(H,15,16). The van der Waals surface area contributed by atoms with Crippen LogP contribution in [0.2, 0.25) is 0 Å². The number of aromatic nitrogens is 1. The van der Waals surface area contributed by atoms with Gasteiger partial charge in [0.05, 0.1) is 5.69 Å². The fourth-order valence-electron chi connectivity index (χ4n) is 1.78. The van der Waals surface area contributed by atoms with Gasteiger partial charge in [-0.1, -0.05) is 23.5 Å².